The average Bonchev–Trinajstić information content (AvgIpc) is 2.67. The van der Waals surface area contributed by atoms with E-state index in [1.165, 1.54) is 18.2 Å². The minimum Gasteiger partial charge on any atom is -0.489 e. The first-order chi connectivity index (χ1) is 13.8. The zero-order chi connectivity index (χ0) is 21.4. The highest BCUT2D eigenvalue weighted by Gasteiger charge is 2.32. The Bertz CT molecular complexity index is 942. The number of rotatable bonds is 8. The first-order valence-corrected chi connectivity index (χ1v) is 8.51. The van der Waals surface area contributed by atoms with E-state index in [2.05, 4.69) is 11.6 Å². The first kappa shape index (κ1) is 22.0. The molecule has 2 rings (SSSR count). The molecule has 1 aromatic heterocycles. The summed E-state index contributed by atoms with van der Waals surface area (Å²) in [6, 6.07) is 7.03. The summed E-state index contributed by atoms with van der Waals surface area (Å²) in [5.41, 5.74) is -1.04. The Kier molecular flexibility index (Phi) is 7.45. The second-order valence-electron chi connectivity index (χ2n) is 5.43. The number of pyridine rings is 1. The normalized spacial score (nSPS) is 10.7. The Balaban J connectivity index is 2.34. The van der Waals surface area contributed by atoms with Crippen molar-refractivity contribution >= 4 is 17.6 Å². The molecule has 1 heterocycles. The fourth-order valence-electron chi connectivity index (χ4n) is 2.03. The average molecular weight is 427 g/mol. The molecule has 0 aliphatic rings. The fraction of sp³-hybridized carbons (Fsp3) is 0.211. The third-order valence-electron chi connectivity index (χ3n) is 3.34. The quantitative estimate of drug-likeness (QED) is 0.246. The Morgan fingerprint density at radius 1 is 1.34 bits per heavy atom. The summed E-state index contributed by atoms with van der Waals surface area (Å²) in [5.74, 6) is -1.20. The number of hydrogen-bond acceptors (Lipinski definition) is 6. The van der Waals surface area contributed by atoms with E-state index in [0.717, 1.165) is 6.08 Å². The van der Waals surface area contributed by atoms with Crippen molar-refractivity contribution in [3.63, 3.8) is 0 Å². The maximum atomic E-state index is 12.8. The molecule has 0 amide bonds. The maximum Gasteiger partial charge on any atom is 0.417 e. The molecule has 2 aromatic rings. The van der Waals surface area contributed by atoms with Gasteiger partial charge in [-0.3, -0.25) is 0 Å². The van der Waals surface area contributed by atoms with Crippen molar-refractivity contribution < 1.29 is 32.2 Å². The Hall–Kier alpha value is -3.25. The van der Waals surface area contributed by atoms with Crippen molar-refractivity contribution in [2.45, 2.75) is 19.0 Å². The van der Waals surface area contributed by atoms with Gasteiger partial charge in [-0.25, -0.2) is 9.78 Å². The molecule has 0 unspecified atom stereocenters. The lowest BCUT2D eigenvalue weighted by atomic mass is 10.2. The number of unbranched alkanes of at least 4 members (excludes halogenated alkanes) is 1. The number of aromatic nitrogens is 1. The van der Waals surface area contributed by atoms with E-state index in [0.29, 0.717) is 18.7 Å². The molecule has 10 heteroatoms. The van der Waals surface area contributed by atoms with Crippen LogP contribution >= 0.6 is 11.6 Å². The highest BCUT2D eigenvalue weighted by Crippen LogP contribution is 2.41. The van der Waals surface area contributed by atoms with E-state index >= 15 is 0 Å². The molecule has 0 atom stereocenters. The molecular formula is C19H14ClF3N2O4. The fourth-order valence-corrected chi connectivity index (χ4v) is 2.23. The largest absolute Gasteiger partial charge is 0.489 e. The van der Waals surface area contributed by atoms with Crippen molar-refractivity contribution in [1.29, 1.82) is 5.26 Å². The van der Waals surface area contributed by atoms with Gasteiger partial charge in [0.15, 0.2) is 11.5 Å². The summed E-state index contributed by atoms with van der Waals surface area (Å²) in [7, 11) is 0. The van der Waals surface area contributed by atoms with Gasteiger partial charge >= 0.3 is 12.1 Å². The molecule has 6 nitrogen and oxygen atoms in total. The number of carbonyl (C=O) groups excluding carboxylic acids is 1. The van der Waals surface area contributed by atoms with E-state index in [1.54, 1.807) is 0 Å². The van der Waals surface area contributed by atoms with Crippen LogP contribution in [-0.4, -0.2) is 17.6 Å². The first-order valence-electron chi connectivity index (χ1n) is 8.14. The van der Waals surface area contributed by atoms with Crippen LogP contribution < -0.4 is 14.2 Å². The van der Waals surface area contributed by atoms with Gasteiger partial charge in [0.1, 0.15) is 5.02 Å². The number of nitrogens with zero attached hydrogens (tertiary/aromatic N) is 2. The molecule has 0 saturated carbocycles. The Morgan fingerprint density at radius 3 is 2.69 bits per heavy atom. The molecule has 0 bridgehead atoms. The van der Waals surface area contributed by atoms with Crippen molar-refractivity contribution in [2.75, 3.05) is 6.61 Å². The molecule has 0 spiro atoms. The van der Waals surface area contributed by atoms with Crippen LogP contribution in [0.15, 0.2) is 43.1 Å². The molecule has 0 radical (unpaired) electrons. The number of para-hydroxylation sites is 1. The summed E-state index contributed by atoms with van der Waals surface area (Å²) in [6.07, 6.45) is -2.43. The zero-order valence-corrected chi connectivity index (χ0v) is 15.6. The molecule has 0 fully saturated rings. The second kappa shape index (κ2) is 9.80. The zero-order valence-electron chi connectivity index (χ0n) is 14.8. The summed E-state index contributed by atoms with van der Waals surface area (Å²) in [5, 5.41) is 8.19. The van der Waals surface area contributed by atoms with Crippen molar-refractivity contribution in [3.8, 4) is 29.2 Å². The predicted octanol–water partition coefficient (Wildman–Crippen LogP) is 5.32. The van der Waals surface area contributed by atoms with Gasteiger partial charge in [0, 0.05) is 18.7 Å². The van der Waals surface area contributed by atoms with Crippen molar-refractivity contribution in [1.82, 2.24) is 4.98 Å². The molecule has 29 heavy (non-hydrogen) atoms. The molecule has 0 N–H and O–H groups in total. The van der Waals surface area contributed by atoms with Gasteiger partial charge in [0.25, 0.3) is 0 Å². The van der Waals surface area contributed by atoms with Crippen LogP contribution in [0, 0.1) is 11.3 Å². The van der Waals surface area contributed by atoms with Crippen molar-refractivity contribution in [2.24, 2.45) is 0 Å². The Labute approximate surface area is 169 Å². The van der Waals surface area contributed by atoms with Gasteiger partial charge in [0.05, 0.1) is 18.2 Å². The maximum absolute atomic E-state index is 12.8. The lowest BCUT2D eigenvalue weighted by Crippen LogP contribution is -2.08. The summed E-state index contributed by atoms with van der Waals surface area (Å²) in [6.45, 7) is 3.46. The van der Waals surface area contributed by atoms with Crippen LogP contribution in [0.5, 0.6) is 23.1 Å². The van der Waals surface area contributed by atoms with Crippen LogP contribution in [0.2, 0.25) is 5.02 Å². The monoisotopic (exact) mass is 426 g/mol. The highest BCUT2D eigenvalue weighted by atomic mass is 35.5. The molecule has 0 aliphatic heterocycles. The van der Waals surface area contributed by atoms with Gasteiger partial charge < -0.3 is 14.2 Å². The van der Waals surface area contributed by atoms with E-state index in [1.807, 2.05) is 6.07 Å². The number of benzene rings is 1. The smallest absolute Gasteiger partial charge is 0.417 e. The van der Waals surface area contributed by atoms with Crippen LogP contribution in [0.3, 0.4) is 0 Å². The summed E-state index contributed by atoms with van der Waals surface area (Å²) in [4.78, 5) is 15.3. The van der Waals surface area contributed by atoms with Gasteiger partial charge in [-0.05, 0) is 24.6 Å². The van der Waals surface area contributed by atoms with Gasteiger partial charge in [0.2, 0.25) is 11.6 Å². The number of esters is 1. The second-order valence-corrected chi connectivity index (χ2v) is 5.84. The number of halogens is 4. The third-order valence-corrected chi connectivity index (χ3v) is 3.61. The summed E-state index contributed by atoms with van der Waals surface area (Å²) >= 11 is 5.86. The third kappa shape index (κ3) is 6.12. The summed E-state index contributed by atoms with van der Waals surface area (Å²) < 4.78 is 54.4. The minimum atomic E-state index is -4.61. The number of carbonyl (C=O) groups is 1. The molecule has 1 aromatic carbocycles. The van der Waals surface area contributed by atoms with Crippen LogP contribution in [0.4, 0.5) is 13.2 Å². The lowest BCUT2D eigenvalue weighted by molar-refractivity contribution is -0.137. The van der Waals surface area contributed by atoms with Gasteiger partial charge in [-0.2, -0.15) is 18.4 Å². The molecular weight excluding hydrogens is 413 g/mol. The minimum absolute atomic E-state index is 0.0628. The van der Waals surface area contributed by atoms with Gasteiger partial charge in [-0.1, -0.05) is 24.2 Å². The predicted molar refractivity (Wildman–Crippen MR) is 96.9 cm³/mol. The topological polar surface area (TPSA) is 81.4 Å². The van der Waals surface area contributed by atoms with Crippen LogP contribution in [-0.2, 0) is 11.0 Å². The van der Waals surface area contributed by atoms with E-state index in [-0.39, 0.29) is 41.2 Å². The molecule has 0 saturated heterocycles. The number of ether oxygens (including phenoxy) is 3. The number of alkyl halides is 3. The molecule has 0 aliphatic carbocycles. The highest BCUT2D eigenvalue weighted by molar-refractivity contribution is 6.31. The SMILES string of the molecule is C=CC(=O)Oc1c(OCCCC#N)cccc1Oc1ncc(C(F)(F)F)cc1Cl. The number of nitriles is 1. The van der Waals surface area contributed by atoms with E-state index < -0.39 is 17.7 Å². The van der Waals surface area contributed by atoms with Crippen molar-refractivity contribution in [3.05, 3.63) is 53.7 Å². The van der Waals surface area contributed by atoms with Crippen LogP contribution in [0.1, 0.15) is 18.4 Å². The van der Waals surface area contributed by atoms with Crippen LogP contribution in [0.25, 0.3) is 0 Å². The van der Waals surface area contributed by atoms with E-state index in [4.69, 9.17) is 31.1 Å². The number of hydrogen-bond donors (Lipinski definition) is 0. The molecule has 152 valence electrons. The van der Waals surface area contributed by atoms with Gasteiger partial charge in [-0.15, -0.1) is 0 Å². The lowest BCUT2D eigenvalue weighted by Gasteiger charge is -2.15. The van der Waals surface area contributed by atoms with E-state index in [9.17, 15) is 18.0 Å². The standard InChI is InChI=1S/C19H14ClF3N2O4/c1-2-16(26)29-17-14(27-9-4-3-8-24)6-5-7-15(17)28-18-13(20)10-12(11-25-18)19(21,22)23/h2,5-7,10-11H,1,3-4,9H2. The Morgan fingerprint density at radius 2 is 2.07 bits per heavy atom.